The van der Waals surface area contributed by atoms with Crippen molar-refractivity contribution in [3.63, 3.8) is 0 Å². The van der Waals surface area contributed by atoms with Gasteiger partial charge in [0.15, 0.2) is 5.84 Å². The van der Waals surface area contributed by atoms with Gasteiger partial charge in [-0.3, -0.25) is 0 Å². The molecule has 1 fully saturated rings. The molecule has 3 N–H and O–H groups in total. The molecule has 0 spiro atoms. The molecule has 6 nitrogen and oxygen atoms in total. The molecule has 0 aromatic carbocycles. The average Bonchev–Trinajstić information content (AvgIpc) is 2.37. The first-order valence-electron chi connectivity index (χ1n) is 6.43. The quantitative estimate of drug-likeness (QED) is 0.354. The van der Waals surface area contributed by atoms with E-state index in [1.807, 2.05) is 19.1 Å². The molecule has 6 heteroatoms. The van der Waals surface area contributed by atoms with E-state index in [-0.39, 0.29) is 5.84 Å². The number of aryl methyl sites for hydroxylation is 1. The van der Waals surface area contributed by atoms with Gasteiger partial charge in [0.05, 0.1) is 0 Å². The number of hydrogen-bond acceptors (Lipinski definition) is 5. The smallest absolute Gasteiger partial charge is 0.170 e. The van der Waals surface area contributed by atoms with Crippen LogP contribution < -0.4 is 10.6 Å². The summed E-state index contributed by atoms with van der Waals surface area (Å²) in [5.41, 5.74) is 7.23. The summed E-state index contributed by atoms with van der Waals surface area (Å²) >= 11 is 0. The van der Waals surface area contributed by atoms with Crippen molar-refractivity contribution < 1.29 is 5.21 Å². The van der Waals surface area contributed by atoms with Crippen LogP contribution in [0.5, 0.6) is 0 Å². The Balaban J connectivity index is 2.32. The number of amidine groups is 1. The lowest BCUT2D eigenvalue weighted by molar-refractivity contribution is 0.274. The Bertz CT molecular complexity index is 488. The van der Waals surface area contributed by atoms with Gasteiger partial charge in [-0.15, -0.1) is 0 Å². The van der Waals surface area contributed by atoms with Gasteiger partial charge in [0.2, 0.25) is 0 Å². The number of nitrogens with zero attached hydrogens (tertiary/aromatic N) is 4. The Morgan fingerprint density at radius 2 is 2.21 bits per heavy atom. The molecule has 0 saturated carbocycles. The molecule has 0 aliphatic carbocycles. The number of nitrogens with two attached hydrogens (primary N) is 1. The van der Waals surface area contributed by atoms with E-state index in [4.69, 9.17) is 10.9 Å². The molecule has 1 aliphatic rings. The molecular formula is C13H21N5O. The maximum atomic E-state index is 8.79. The lowest BCUT2D eigenvalue weighted by Gasteiger charge is -2.39. The normalized spacial score (nSPS) is 21.7. The van der Waals surface area contributed by atoms with Crippen LogP contribution in [0, 0.1) is 6.92 Å². The fourth-order valence-electron chi connectivity index (χ4n) is 2.48. The van der Waals surface area contributed by atoms with E-state index in [0.717, 1.165) is 31.1 Å². The van der Waals surface area contributed by atoms with Gasteiger partial charge in [-0.2, -0.15) is 0 Å². The van der Waals surface area contributed by atoms with Crippen molar-refractivity contribution in [1.29, 1.82) is 0 Å². The van der Waals surface area contributed by atoms with E-state index >= 15 is 0 Å². The molecule has 0 bridgehead atoms. The zero-order valence-electron chi connectivity index (χ0n) is 11.7. The third-order valence-electron chi connectivity index (χ3n) is 3.47. The third kappa shape index (κ3) is 2.96. The Morgan fingerprint density at radius 1 is 1.47 bits per heavy atom. The molecular weight excluding hydrogens is 242 g/mol. The molecule has 104 valence electrons. The van der Waals surface area contributed by atoms with Gasteiger partial charge in [-0.05, 0) is 33.0 Å². The van der Waals surface area contributed by atoms with Crippen LogP contribution in [0.1, 0.15) is 18.2 Å². The van der Waals surface area contributed by atoms with Crippen molar-refractivity contribution in [3.8, 4) is 0 Å². The minimum absolute atomic E-state index is 0.119. The average molecular weight is 263 g/mol. The zero-order chi connectivity index (χ0) is 14.0. The number of rotatable bonds is 2. The standard InChI is InChI=1S/C13H21N5O/c1-9-6-11(13(14)16-19)7-12(15-9)18-5-4-17(3)8-10(18)2/h6-7,10,19H,4-5,8H2,1-3H3,(H2,14,16). The second-order valence-corrected chi connectivity index (χ2v) is 5.15. The van der Waals surface area contributed by atoms with Crippen molar-refractivity contribution >= 4 is 11.7 Å². The highest BCUT2D eigenvalue weighted by atomic mass is 16.4. The summed E-state index contributed by atoms with van der Waals surface area (Å²) in [4.78, 5) is 9.14. The van der Waals surface area contributed by atoms with E-state index in [1.54, 1.807) is 0 Å². The second kappa shape index (κ2) is 5.44. The number of pyridine rings is 1. The summed E-state index contributed by atoms with van der Waals surface area (Å²) in [5, 5.41) is 11.8. The molecule has 1 saturated heterocycles. The SMILES string of the molecule is Cc1cc(/C(N)=N/O)cc(N2CCN(C)CC2C)n1. The molecule has 0 amide bonds. The monoisotopic (exact) mass is 263 g/mol. The van der Waals surface area contributed by atoms with Gasteiger partial charge < -0.3 is 20.7 Å². The fraction of sp³-hybridized carbons (Fsp3) is 0.538. The van der Waals surface area contributed by atoms with E-state index < -0.39 is 0 Å². The van der Waals surface area contributed by atoms with Crippen LogP contribution in [0.2, 0.25) is 0 Å². The minimum atomic E-state index is 0.119. The van der Waals surface area contributed by atoms with Gasteiger partial charge in [0, 0.05) is 36.9 Å². The first kappa shape index (κ1) is 13.6. The van der Waals surface area contributed by atoms with Crippen LogP contribution in [-0.2, 0) is 0 Å². The van der Waals surface area contributed by atoms with Crippen molar-refractivity contribution in [2.75, 3.05) is 31.6 Å². The number of oxime groups is 1. The molecule has 2 heterocycles. The highest BCUT2D eigenvalue weighted by Crippen LogP contribution is 2.20. The van der Waals surface area contributed by atoms with Crippen LogP contribution in [-0.4, -0.2) is 53.7 Å². The number of likely N-dealkylation sites (N-methyl/N-ethyl adjacent to an activating group) is 1. The Kier molecular flexibility index (Phi) is 3.90. The van der Waals surface area contributed by atoms with Crippen molar-refractivity contribution in [3.05, 3.63) is 23.4 Å². The summed E-state index contributed by atoms with van der Waals surface area (Å²) in [6.45, 7) is 7.05. The zero-order valence-corrected chi connectivity index (χ0v) is 11.7. The molecule has 0 radical (unpaired) electrons. The maximum Gasteiger partial charge on any atom is 0.170 e. The van der Waals surface area contributed by atoms with Crippen LogP contribution >= 0.6 is 0 Å². The largest absolute Gasteiger partial charge is 0.409 e. The maximum absolute atomic E-state index is 8.79. The van der Waals surface area contributed by atoms with Gasteiger partial charge in [-0.1, -0.05) is 5.16 Å². The van der Waals surface area contributed by atoms with Crippen LogP contribution in [0.4, 0.5) is 5.82 Å². The first-order valence-corrected chi connectivity index (χ1v) is 6.43. The van der Waals surface area contributed by atoms with Crippen molar-refractivity contribution in [2.45, 2.75) is 19.9 Å². The third-order valence-corrected chi connectivity index (χ3v) is 3.47. The summed E-state index contributed by atoms with van der Waals surface area (Å²) < 4.78 is 0. The van der Waals surface area contributed by atoms with Gasteiger partial charge >= 0.3 is 0 Å². The summed E-state index contributed by atoms with van der Waals surface area (Å²) in [7, 11) is 2.12. The molecule has 1 unspecified atom stereocenters. The topological polar surface area (TPSA) is 78.0 Å². The Labute approximate surface area is 113 Å². The summed E-state index contributed by atoms with van der Waals surface area (Å²) in [5.74, 6) is 1.01. The second-order valence-electron chi connectivity index (χ2n) is 5.15. The molecule has 1 aromatic heterocycles. The van der Waals surface area contributed by atoms with Crippen molar-refractivity contribution in [1.82, 2.24) is 9.88 Å². The molecule has 19 heavy (non-hydrogen) atoms. The van der Waals surface area contributed by atoms with E-state index in [0.29, 0.717) is 11.6 Å². The highest BCUT2D eigenvalue weighted by Gasteiger charge is 2.23. The predicted octanol–water partition coefficient (Wildman–Crippen LogP) is 0.625. The fourth-order valence-corrected chi connectivity index (χ4v) is 2.48. The van der Waals surface area contributed by atoms with E-state index in [1.165, 1.54) is 0 Å². The highest BCUT2D eigenvalue weighted by molar-refractivity contribution is 5.97. The molecule has 1 atom stereocenters. The van der Waals surface area contributed by atoms with Gasteiger partial charge in [0.25, 0.3) is 0 Å². The number of aromatic nitrogens is 1. The van der Waals surface area contributed by atoms with E-state index in [9.17, 15) is 0 Å². The first-order chi connectivity index (χ1) is 9.01. The lowest BCUT2D eigenvalue weighted by Crippen LogP contribution is -2.50. The number of hydrogen-bond donors (Lipinski definition) is 2. The lowest BCUT2D eigenvalue weighted by atomic mass is 10.1. The molecule has 1 aromatic rings. The van der Waals surface area contributed by atoms with Crippen molar-refractivity contribution in [2.24, 2.45) is 10.9 Å². The predicted molar refractivity (Wildman–Crippen MR) is 75.8 cm³/mol. The van der Waals surface area contributed by atoms with Crippen LogP contribution in [0.3, 0.4) is 0 Å². The van der Waals surface area contributed by atoms with Gasteiger partial charge in [-0.25, -0.2) is 4.98 Å². The molecule has 2 rings (SSSR count). The van der Waals surface area contributed by atoms with E-state index in [2.05, 4.69) is 33.9 Å². The van der Waals surface area contributed by atoms with Crippen LogP contribution in [0.25, 0.3) is 0 Å². The summed E-state index contributed by atoms with van der Waals surface area (Å²) in [6, 6.07) is 4.09. The Hall–Kier alpha value is -1.82. The number of piperazine rings is 1. The Morgan fingerprint density at radius 3 is 2.84 bits per heavy atom. The van der Waals surface area contributed by atoms with Crippen LogP contribution in [0.15, 0.2) is 17.3 Å². The van der Waals surface area contributed by atoms with Gasteiger partial charge in [0.1, 0.15) is 5.82 Å². The summed E-state index contributed by atoms with van der Waals surface area (Å²) in [6.07, 6.45) is 0. The number of anilines is 1. The minimum Gasteiger partial charge on any atom is -0.409 e. The molecule has 1 aliphatic heterocycles.